The first-order valence-electron chi connectivity index (χ1n) is 8.18. The normalized spacial score (nSPS) is 11.2. The number of carbonyl (C=O) groups excluding carboxylic acids is 2. The zero-order valence-electron chi connectivity index (χ0n) is 15.4. The largest absolute Gasteiger partial charge is 0.497 e. The molecule has 0 fully saturated rings. The van der Waals surface area contributed by atoms with Crippen LogP contribution in [0.3, 0.4) is 0 Å². The van der Waals surface area contributed by atoms with E-state index in [1.165, 1.54) is 18.9 Å². The number of anilines is 1. The van der Waals surface area contributed by atoms with Crippen LogP contribution in [0.5, 0.6) is 5.75 Å². The Morgan fingerprint density at radius 1 is 1.04 bits per heavy atom. The lowest BCUT2D eigenvalue weighted by atomic mass is 9.87. The van der Waals surface area contributed by atoms with Gasteiger partial charge >= 0.3 is 11.8 Å². The number of nitrogens with one attached hydrogen (secondary N) is 2. The van der Waals surface area contributed by atoms with E-state index < -0.39 is 11.8 Å². The van der Waals surface area contributed by atoms with Gasteiger partial charge in [0, 0.05) is 11.8 Å². The maximum absolute atomic E-state index is 11.9. The molecule has 2 rings (SSSR count). The number of carbonyl (C=O) groups is 2. The summed E-state index contributed by atoms with van der Waals surface area (Å²) < 4.78 is 5.06. The van der Waals surface area contributed by atoms with Crippen LogP contribution in [0, 0.1) is 0 Å². The van der Waals surface area contributed by atoms with E-state index in [1.54, 1.807) is 24.3 Å². The first kappa shape index (κ1) is 19.2. The van der Waals surface area contributed by atoms with Crippen molar-refractivity contribution in [1.29, 1.82) is 0 Å². The van der Waals surface area contributed by atoms with Gasteiger partial charge < -0.3 is 10.1 Å². The van der Waals surface area contributed by atoms with Crippen molar-refractivity contribution < 1.29 is 14.3 Å². The fourth-order valence-corrected chi connectivity index (χ4v) is 2.17. The molecule has 0 saturated carbocycles. The van der Waals surface area contributed by atoms with Crippen molar-refractivity contribution in [3.05, 3.63) is 59.7 Å². The molecule has 0 unspecified atom stereocenters. The van der Waals surface area contributed by atoms with Gasteiger partial charge in [0.1, 0.15) is 5.75 Å². The zero-order chi connectivity index (χ0) is 19.2. The summed E-state index contributed by atoms with van der Waals surface area (Å²) >= 11 is 0. The molecule has 136 valence electrons. The average molecular weight is 353 g/mol. The molecule has 0 saturated heterocycles. The number of methoxy groups -OCH3 is 1. The van der Waals surface area contributed by atoms with Crippen LogP contribution in [0.25, 0.3) is 0 Å². The van der Waals surface area contributed by atoms with Gasteiger partial charge in [-0.2, -0.15) is 5.10 Å². The quantitative estimate of drug-likeness (QED) is 0.504. The molecule has 2 aromatic rings. The zero-order valence-corrected chi connectivity index (χ0v) is 15.4. The van der Waals surface area contributed by atoms with Crippen LogP contribution in [0.15, 0.2) is 53.6 Å². The van der Waals surface area contributed by atoms with Gasteiger partial charge in [0.2, 0.25) is 0 Å². The SMILES string of the molecule is COc1cccc(NC(=O)C(=O)N/N=C\c2ccc(C(C)(C)C)cc2)c1. The van der Waals surface area contributed by atoms with Gasteiger partial charge in [-0.1, -0.05) is 51.1 Å². The minimum absolute atomic E-state index is 0.0715. The molecule has 6 heteroatoms. The standard InChI is InChI=1S/C20H23N3O3/c1-20(2,3)15-10-8-14(9-11-15)13-21-23-19(25)18(24)22-16-6-5-7-17(12-16)26-4/h5-13H,1-4H3,(H,22,24)(H,23,25)/b21-13-. The monoisotopic (exact) mass is 353 g/mol. The third-order valence-electron chi connectivity index (χ3n) is 3.69. The fourth-order valence-electron chi connectivity index (χ4n) is 2.17. The minimum Gasteiger partial charge on any atom is -0.497 e. The summed E-state index contributed by atoms with van der Waals surface area (Å²) in [6, 6.07) is 14.6. The molecule has 6 nitrogen and oxygen atoms in total. The Kier molecular flexibility index (Phi) is 6.11. The van der Waals surface area contributed by atoms with Gasteiger partial charge in [-0.25, -0.2) is 5.43 Å². The molecule has 0 radical (unpaired) electrons. The van der Waals surface area contributed by atoms with Crippen molar-refractivity contribution in [2.45, 2.75) is 26.2 Å². The number of hydrogen-bond acceptors (Lipinski definition) is 4. The number of ether oxygens (including phenoxy) is 1. The highest BCUT2D eigenvalue weighted by atomic mass is 16.5. The van der Waals surface area contributed by atoms with E-state index >= 15 is 0 Å². The number of nitrogens with zero attached hydrogens (tertiary/aromatic N) is 1. The molecular weight excluding hydrogens is 330 g/mol. The first-order valence-corrected chi connectivity index (χ1v) is 8.18. The summed E-state index contributed by atoms with van der Waals surface area (Å²) in [5.41, 5.74) is 4.78. The topological polar surface area (TPSA) is 79.8 Å². The van der Waals surface area contributed by atoms with E-state index in [0.717, 1.165) is 5.56 Å². The Balaban J connectivity index is 1.90. The number of benzene rings is 2. The molecular formula is C20H23N3O3. The molecule has 0 heterocycles. The molecule has 2 aromatic carbocycles. The van der Waals surface area contributed by atoms with Gasteiger partial charge in [0.05, 0.1) is 13.3 Å². The van der Waals surface area contributed by atoms with Crippen LogP contribution < -0.4 is 15.5 Å². The van der Waals surface area contributed by atoms with Crippen LogP contribution in [-0.4, -0.2) is 25.1 Å². The van der Waals surface area contributed by atoms with Crippen molar-refractivity contribution in [2.24, 2.45) is 5.10 Å². The van der Waals surface area contributed by atoms with E-state index in [2.05, 4.69) is 36.6 Å². The molecule has 0 aliphatic rings. The molecule has 0 aromatic heterocycles. The van der Waals surface area contributed by atoms with Gasteiger partial charge in [-0.05, 0) is 28.7 Å². The van der Waals surface area contributed by atoms with Gasteiger partial charge in [-0.15, -0.1) is 0 Å². The van der Waals surface area contributed by atoms with E-state index in [9.17, 15) is 9.59 Å². The van der Waals surface area contributed by atoms with Crippen molar-refractivity contribution in [3.63, 3.8) is 0 Å². The molecule has 0 aliphatic heterocycles. The minimum atomic E-state index is -0.851. The van der Waals surface area contributed by atoms with Gasteiger partial charge in [0.15, 0.2) is 0 Å². The van der Waals surface area contributed by atoms with E-state index in [1.807, 2.05) is 24.3 Å². The first-order chi connectivity index (χ1) is 12.3. The lowest BCUT2D eigenvalue weighted by Crippen LogP contribution is -2.32. The summed E-state index contributed by atoms with van der Waals surface area (Å²) in [4.78, 5) is 23.7. The summed E-state index contributed by atoms with van der Waals surface area (Å²) in [5, 5.41) is 6.30. The second kappa shape index (κ2) is 8.29. The molecule has 0 bridgehead atoms. The predicted octanol–water partition coefficient (Wildman–Crippen LogP) is 3.08. The maximum Gasteiger partial charge on any atom is 0.329 e. The van der Waals surface area contributed by atoms with Crippen LogP contribution in [0.4, 0.5) is 5.69 Å². The highest BCUT2D eigenvalue weighted by molar-refractivity contribution is 6.39. The smallest absolute Gasteiger partial charge is 0.329 e. The van der Waals surface area contributed by atoms with Crippen LogP contribution in [0.1, 0.15) is 31.9 Å². The number of hydrogen-bond donors (Lipinski definition) is 2. The lowest BCUT2D eigenvalue weighted by Gasteiger charge is -2.18. The summed E-state index contributed by atoms with van der Waals surface area (Å²) in [7, 11) is 1.52. The Bertz CT molecular complexity index is 806. The Morgan fingerprint density at radius 2 is 1.73 bits per heavy atom. The molecule has 2 N–H and O–H groups in total. The van der Waals surface area contributed by atoms with Crippen LogP contribution >= 0.6 is 0 Å². The molecule has 0 spiro atoms. The highest BCUT2D eigenvalue weighted by Crippen LogP contribution is 2.21. The van der Waals surface area contributed by atoms with Crippen molar-refractivity contribution in [1.82, 2.24) is 5.43 Å². The number of hydrazone groups is 1. The van der Waals surface area contributed by atoms with Crippen molar-refractivity contribution in [2.75, 3.05) is 12.4 Å². The third kappa shape index (κ3) is 5.44. The summed E-state index contributed by atoms with van der Waals surface area (Å²) in [5.74, 6) is -1.08. The molecule has 0 atom stereocenters. The Hall–Kier alpha value is -3.15. The van der Waals surface area contributed by atoms with Gasteiger partial charge in [-0.3, -0.25) is 9.59 Å². The van der Waals surface area contributed by atoms with E-state index in [4.69, 9.17) is 4.74 Å². The maximum atomic E-state index is 11.9. The summed E-state index contributed by atoms with van der Waals surface area (Å²) in [6.45, 7) is 6.41. The van der Waals surface area contributed by atoms with Crippen molar-refractivity contribution in [3.8, 4) is 5.75 Å². The molecule has 0 aliphatic carbocycles. The van der Waals surface area contributed by atoms with Crippen molar-refractivity contribution >= 4 is 23.7 Å². The van der Waals surface area contributed by atoms with Gasteiger partial charge in [0.25, 0.3) is 0 Å². The number of amides is 2. The number of rotatable bonds is 4. The highest BCUT2D eigenvalue weighted by Gasteiger charge is 2.14. The lowest BCUT2D eigenvalue weighted by molar-refractivity contribution is -0.136. The summed E-state index contributed by atoms with van der Waals surface area (Å²) in [6.07, 6.45) is 1.49. The second-order valence-corrected chi connectivity index (χ2v) is 6.76. The average Bonchev–Trinajstić information content (AvgIpc) is 2.61. The van der Waals surface area contributed by atoms with E-state index in [-0.39, 0.29) is 5.41 Å². The predicted molar refractivity (Wildman–Crippen MR) is 103 cm³/mol. The molecule has 26 heavy (non-hydrogen) atoms. The van der Waals surface area contributed by atoms with E-state index in [0.29, 0.717) is 11.4 Å². The van der Waals surface area contributed by atoms with Crippen LogP contribution in [0.2, 0.25) is 0 Å². The third-order valence-corrected chi connectivity index (χ3v) is 3.69. The molecule has 2 amide bonds. The Labute approximate surface area is 153 Å². The Morgan fingerprint density at radius 3 is 2.35 bits per heavy atom. The second-order valence-electron chi connectivity index (χ2n) is 6.76. The van der Waals surface area contributed by atoms with Crippen LogP contribution in [-0.2, 0) is 15.0 Å². The fraction of sp³-hybridized carbons (Fsp3) is 0.250.